The van der Waals surface area contributed by atoms with Crippen LogP contribution in [0.5, 0.6) is 0 Å². The van der Waals surface area contributed by atoms with Crippen LogP contribution in [-0.4, -0.2) is 10.8 Å². The van der Waals surface area contributed by atoms with Gasteiger partial charge in [0.2, 0.25) is 0 Å². The van der Waals surface area contributed by atoms with Gasteiger partial charge in [0.15, 0.2) is 5.78 Å². The summed E-state index contributed by atoms with van der Waals surface area (Å²) in [5.74, 6) is 6.37. The second-order valence-electron chi connectivity index (χ2n) is 6.28. The molecule has 0 saturated carbocycles. The van der Waals surface area contributed by atoms with Gasteiger partial charge >= 0.3 is 0 Å². The quantitative estimate of drug-likeness (QED) is 0.344. The van der Waals surface area contributed by atoms with Gasteiger partial charge in [-0.1, -0.05) is 59.8 Å². The van der Waals surface area contributed by atoms with Gasteiger partial charge in [0.1, 0.15) is 0 Å². The van der Waals surface area contributed by atoms with Crippen LogP contribution in [0.15, 0.2) is 91.3 Å². The van der Waals surface area contributed by atoms with Crippen molar-refractivity contribution in [2.45, 2.75) is 0 Å². The summed E-state index contributed by atoms with van der Waals surface area (Å²) in [5.41, 5.74) is 4.77. The Labute approximate surface area is 168 Å². The lowest BCUT2D eigenvalue weighted by atomic mass is 9.95. The van der Waals surface area contributed by atoms with Gasteiger partial charge in [-0.2, -0.15) is 0 Å². The van der Waals surface area contributed by atoms with E-state index in [0.29, 0.717) is 16.1 Å². The molecule has 0 aliphatic carbocycles. The summed E-state index contributed by atoms with van der Waals surface area (Å²) in [6, 6.07) is 24.6. The monoisotopic (exact) mass is 381 g/mol. The summed E-state index contributed by atoms with van der Waals surface area (Å²) in [4.78, 5) is 16.1. The Kier molecular flexibility index (Phi) is 5.10. The molecule has 2 nitrogen and oxygen atoms in total. The van der Waals surface area contributed by atoms with Crippen LogP contribution in [0.1, 0.15) is 27.0 Å². The predicted molar refractivity (Wildman–Crippen MR) is 114 cm³/mol. The van der Waals surface area contributed by atoms with E-state index in [2.05, 4.69) is 16.8 Å². The van der Waals surface area contributed by atoms with E-state index in [1.54, 1.807) is 30.5 Å². The van der Waals surface area contributed by atoms with Crippen molar-refractivity contribution < 1.29 is 4.79 Å². The van der Waals surface area contributed by atoms with E-state index in [9.17, 15) is 4.79 Å². The maximum Gasteiger partial charge on any atom is 0.195 e. The number of halogens is 1. The Morgan fingerprint density at radius 2 is 1.46 bits per heavy atom. The minimum absolute atomic E-state index is 0.0567. The lowest BCUT2D eigenvalue weighted by Gasteiger charge is -2.06. The standard InChI is InChI=1S/C25H16ClNO/c26-21-14-12-20(13-15-21)25(28)24-17-27-16-23(24)22-9-5-4-8-19(22)11-10-18-6-2-1-3-7-18/h1-9,12-17,27H. The van der Waals surface area contributed by atoms with Crippen molar-refractivity contribution in [3.05, 3.63) is 119 Å². The highest BCUT2D eigenvalue weighted by molar-refractivity contribution is 6.30. The first kappa shape index (κ1) is 17.9. The van der Waals surface area contributed by atoms with Crippen LogP contribution in [-0.2, 0) is 0 Å². The lowest BCUT2D eigenvalue weighted by Crippen LogP contribution is -2.01. The Morgan fingerprint density at radius 1 is 0.750 bits per heavy atom. The molecule has 1 heterocycles. The number of rotatable bonds is 3. The van der Waals surface area contributed by atoms with Crippen molar-refractivity contribution in [3.8, 4) is 23.0 Å². The van der Waals surface area contributed by atoms with Crippen molar-refractivity contribution in [1.29, 1.82) is 0 Å². The molecule has 134 valence electrons. The first-order valence-corrected chi connectivity index (χ1v) is 9.24. The smallest absolute Gasteiger partial charge is 0.195 e. The van der Waals surface area contributed by atoms with Crippen molar-refractivity contribution in [1.82, 2.24) is 4.98 Å². The molecule has 1 aromatic heterocycles. The normalized spacial score (nSPS) is 10.2. The van der Waals surface area contributed by atoms with E-state index in [1.807, 2.05) is 60.8 Å². The minimum atomic E-state index is -0.0567. The zero-order chi connectivity index (χ0) is 19.3. The summed E-state index contributed by atoms with van der Waals surface area (Å²) in [6.07, 6.45) is 3.57. The molecule has 0 fully saturated rings. The van der Waals surface area contributed by atoms with Crippen LogP contribution in [0.25, 0.3) is 11.1 Å². The number of H-pyrrole nitrogens is 1. The van der Waals surface area contributed by atoms with Gasteiger partial charge in [0.05, 0.1) is 0 Å². The summed E-state index contributed by atoms with van der Waals surface area (Å²) in [5, 5.41) is 0.604. The number of hydrogen-bond donors (Lipinski definition) is 1. The van der Waals surface area contributed by atoms with Crippen LogP contribution in [0.2, 0.25) is 5.02 Å². The van der Waals surface area contributed by atoms with Crippen molar-refractivity contribution in [2.75, 3.05) is 0 Å². The van der Waals surface area contributed by atoms with E-state index in [-0.39, 0.29) is 5.78 Å². The van der Waals surface area contributed by atoms with Crippen molar-refractivity contribution in [2.24, 2.45) is 0 Å². The summed E-state index contributed by atoms with van der Waals surface area (Å²) >= 11 is 5.94. The fourth-order valence-corrected chi connectivity index (χ4v) is 3.15. The number of ketones is 1. The molecule has 0 atom stereocenters. The highest BCUT2D eigenvalue weighted by Gasteiger charge is 2.17. The van der Waals surface area contributed by atoms with Crippen LogP contribution in [0.4, 0.5) is 0 Å². The molecule has 0 spiro atoms. The van der Waals surface area contributed by atoms with Gasteiger partial charge in [-0.3, -0.25) is 4.79 Å². The van der Waals surface area contributed by atoms with Crippen molar-refractivity contribution in [3.63, 3.8) is 0 Å². The topological polar surface area (TPSA) is 32.9 Å². The predicted octanol–water partition coefficient (Wildman–Crippen LogP) is 5.97. The van der Waals surface area contributed by atoms with Crippen LogP contribution in [0, 0.1) is 11.8 Å². The van der Waals surface area contributed by atoms with E-state index >= 15 is 0 Å². The zero-order valence-corrected chi connectivity index (χ0v) is 15.7. The molecule has 0 aliphatic rings. The summed E-state index contributed by atoms with van der Waals surface area (Å²) in [6.45, 7) is 0. The summed E-state index contributed by atoms with van der Waals surface area (Å²) in [7, 11) is 0. The van der Waals surface area contributed by atoms with Gasteiger partial charge < -0.3 is 4.98 Å². The van der Waals surface area contributed by atoms with Gasteiger partial charge in [0, 0.05) is 45.2 Å². The molecule has 0 unspecified atom stereocenters. The number of carbonyl (C=O) groups is 1. The van der Waals surface area contributed by atoms with E-state index in [1.165, 1.54) is 0 Å². The van der Waals surface area contributed by atoms with E-state index < -0.39 is 0 Å². The minimum Gasteiger partial charge on any atom is -0.366 e. The first-order valence-electron chi connectivity index (χ1n) is 8.86. The molecule has 0 bridgehead atoms. The Morgan fingerprint density at radius 3 is 2.25 bits per heavy atom. The van der Waals surface area contributed by atoms with E-state index in [4.69, 9.17) is 11.6 Å². The van der Waals surface area contributed by atoms with Crippen LogP contribution in [0.3, 0.4) is 0 Å². The molecule has 3 aromatic carbocycles. The number of aromatic amines is 1. The Bertz CT molecular complexity index is 1180. The molecule has 28 heavy (non-hydrogen) atoms. The maximum atomic E-state index is 13.0. The molecular weight excluding hydrogens is 366 g/mol. The number of carbonyl (C=O) groups excluding carboxylic acids is 1. The average Bonchev–Trinajstić information content (AvgIpc) is 3.23. The molecule has 1 N–H and O–H groups in total. The van der Waals surface area contributed by atoms with Crippen LogP contribution >= 0.6 is 11.6 Å². The second-order valence-corrected chi connectivity index (χ2v) is 6.72. The molecule has 4 rings (SSSR count). The van der Waals surface area contributed by atoms with Gasteiger partial charge in [-0.25, -0.2) is 0 Å². The Balaban J connectivity index is 1.74. The fraction of sp³-hybridized carbons (Fsp3) is 0. The van der Waals surface area contributed by atoms with Crippen LogP contribution < -0.4 is 0 Å². The SMILES string of the molecule is O=C(c1ccc(Cl)cc1)c1c[nH]cc1-c1ccccc1C#Cc1ccccc1. The summed E-state index contributed by atoms with van der Waals surface area (Å²) < 4.78 is 0. The van der Waals surface area contributed by atoms with Gasteiger partial charge in [-0.15, -0.1) is 0 Å². The highest BCUT2D eigenvalue weighted by atomic mass is 35.5. The molecule has 4 aromatic rings. The fourth-order valence-electron chi connectivity index (χ4n) is 3.02. The van der Waals surface area contributed by atoms with Gasteiger partial charge in [0.25, 0.3) is 0 Å². The van der Waals surface area contributed by atoms with Crippen molar-refractivity contribution >= 4 is 17.4 Å². The molecule has 0 saturated heterocycles. The largest absolute Gasteiger partial charge is 0.366 e. The number of hydrogen-bond acceptors (Lipinski definition) is 1. The van der Waals surface area contributed by atoms with E-state index in [0.717, 1.165) is 22.3 Å². The third kappa shape index (κ3) is 3.76. The number of aromatic nitrogens is 1. The molecule has 0 amide bonds. The molecular formula is C25H16ClNO. The maximum absolute atomic E-state index is 13.0. The third-order valence-electron chi connectivity index (χ3n) is 4.43. The molecule has 3 heteroatoms. The lowest BCUT2D eigenvalue weighted by molar-refractivity contribution is 0.103. The zero-order valence-electron chi connectivity index (χ0n) is 14.9. The third-order valence-corrected chi connectivity index (χ3v) is 4.68. The Hall–Kier alpha value is -3.54. The average molecular weight is 382 g/mol. The number of benzene rings is 3. The van der Waals surface area contributed by atoms with Gasteiger partial charge in [-0.05, 0) is 48.0 Å². The number of nitrogens with one attached hydrogen (secondary N) is 1. The molecule has 0 aliphatic heterocycles. The highest BCUT2D eigenvalue weighted by Crippen LogP contribution is 2.28. The molecule has 0 radical (unpaired) electrons. The second kappa shape index (κ2) is 8.00. The first-order chi connectivity index (χ1) is 13.7.